The number of aliphatic hydroxyl groups is 1. The summed E-state index contributed by atoms with van der Waals surface area (Å²) in [5.74, 6) is -0.120. The predicted octanol–water partition coefficient (Wildman–Crippen LogP) is 2.75. The van der Waals surface area contributed by atoms with Crippen LogP contribution in [0.4, 0.5) is 0 Å². The van der Waals surface area contributed by atoms with Gasteiger partial charge >= 0.3 is 0 Å². The Kier molecular flexibility index (Phi) is 5.24. The largest absolute Gasteiger partial charge is 0.383 e. The Morgan fingerprint density at radius 2 is 2.00 bits per heavy atom. The Labute approximate surface area is 142 Å². The summed E-state index contributed by atoms with van der Waals surface area (Å²) in [6.45, 7) is 3.97. The van der Waals surface area contributed by atoms with Crippen LogP contribution < -0.4 is 5.32 Å². The molecule has 2 atom stereocenters. The molecule has 2 aliphatic rings. The van der Waals surface area contributed by atoms with Crippen LogP contribution in [-0.2, 0) is 4.79 Å². The standard InChI is InChI=1S/C18H25ClN2O2/c1-12(14-3-2-4-15(19)11-14)21-9-7-13(8-10-21)17(22)18(23)20-16-5-6-16/h2-4,11-13,16-17,22H,5-10H2,1H3,(H,20,23)/t12-,17-/m1/s1. The Hall–Kier alpha value is -1.10. The van der Waals surface area contributed by atoms with E-state index >= 15 is 0 Å². The number of rotatable bonds is 5. The summed E-state index contributed by atoms with van der Waals surface area (Å²) >= 11 is 6.08. The van der Waals surface area contributed by atoms with E-state index < -0.39 is 6.10 Å². The molecule has 2 N–H and O–H groups in total. The Morgan fingerprint density at radius 3 is 2.61 bits per heavy atom. The van der Waals surface area contributed by atoms with Crippen molar-refractivity contribution in [2.24, 2.45) is 5.92 Å². The summed E-state index contributed by atoms with van der Waals surface area (Å²) in [7, 11) is 0. The van der Waals surface area contributed by atoms with Crippen molar-refractivity contribution in [2.45, 2.75) is 50.8 Å². The van der Waals surface area contributed by atoms with Crippen molar-refractivity contribution in [2.75, 3.05) is 13.1 Å². The van der Waals surface area contributed by atoms with E-state index in [1.807, 2.05) is 18.2 Å². The molecule has 1 aromatic carbocycles. The first kappa shape index (κ1) is 16.7. The number of benzene rings is 1. The van der Waals surface area contributed by atoms with E-state index in [0.29, 0.717) is 12.1 Å². The van der Waals surface area contributed by atoms with E-state index in [1.165, 1.54) is 5.56 Å². The van der Waals surface area contributed by atoms with Gasteiger partial charge in [-0.25, -0.2) is 0 Å². The summed E-state index contributed by atoms with van der Waals surface area (Å²) in [4.78, 5) is 14.4. The fourth-order valence-electron chi connectivity index (χ4n) is 3.33. The summed E-state index contributed by atoms with van der Waals surface area (Å²) in [6, 6.07) is 8.58. The molecule has 1 saturated heterocycles. The van der Waals surface area contributed by atoms with Crippen LogP contribution in [0.5, 0.6) is 0 Å². The molecule has 1 aliphatic heterocycles. The molecule has 1 aliphatic carbocycles. The van der Waals surface area contributed by atoms with Gasteiger partial charge in [-0.05, 0) is 69.3 Å². The zero-order chi connectivity index (χ0) is 16.4. The average molecular weight is 337 g/mol. The van der Waals surface area contributed by atoms with Crippen LogP contribution in [0.15, 0.2) is 24.3 Å². The molecule has 0 radical (unpaired) electrons. The fourth-order valence-corrected chi connectivity index (χ4v) is 3.53. The number of nitrogens with one attached hydrogen (secondary N) is 1. The normalized spacial score (nSPS) is 22.6. The number of hydrogen-bond acceptors (Lipinski definition) is 3. The molecule has 5 heteroatoms. The predicted molar refractivity (Wildman–Crippen MR) is 91.3 cm³/mol. The molecule has 4 nitrogen and oxygen atoms in total. The lowest BCUT2D eigenvalue weighted by Crippen LogP contribution is -2.45. The van der Waals surface area contributed by atoms with E-state index in [4.69, 9.17) is 11.6 Å². The minimum absolute atomic E-state index is 0.0663. The number of carbonyl (C=O) groups excluding carboxylic acids is 1. The highest BCUT2D eigenvalue weighted by molar-refractivity contribution is 6.30. The first-order valence-electron chi connectivity index (χ1n) is 8.52. The molecule has 126 valence electrons. The third kappa shape index (κ3) is 4.25. The van der Waals surface area contributed by atoms with Gasteiger partial charge in [0, 0.05) is 17.1 Å². The molecule has 3 rings (SSSR count). The van der Waals surface area contributed by atoms with Gasteiger partial charge in [0.1, 0.15) is 6.10 Å². The van der Waals surface area contributed by atoms with Gasteiger partial charge in [0.2, 0.25) is 5.91 Å². The molecule has 0 unspecified atom stereocenters. The van der Waals surface area contributed by atoms with E-state index in [1.54, 1.807) is 0 Å². The third-order valence-electron chi connectivity index (χ3n) is 5.09. The Balaban J connectivity index is 1.52. The van der Waals surface area contributed by atoms with E-state index in [-0.39, 0.29) is 11.8 Å². The van der Waals surface area contributed by atoms with Crippen LogP contribution in [-0.4, -0.2) is 41.1 Å². The summed E-state index contributed by atoms with van der Waals surface area (Å²) in [5, 5.41) is 13.9. The zero-order valence-electron chi connectivity index (χ0n) is 13.5. The first-order valence-corrected chi connectivity index (χ1v) is 8.90. The van der Waals surface area contributed by atoms with Crippen LogP contribution in [0.1, 0.15) is 44.2 Å². The number of aliphatic hydroxyl groups excluding tert-OH is 1. The van der Waals surface area contributed by atoms with E-state index in [2.05, 4.69) is 23.2 Å². The third-order valence-corrected chi connectivity index (χ3v) is 5.33. The van der Waals surface area contributed by atoms with Crippen LogP contribution in [0, 0.1) is 5.92 Å². The molecule has 1 heterocycles. The highest BCUT2D eigenvalue weighted by atomic mass is 35.5. The summed E-state index contributed by atoms with van der Waals surface area (Å²) < 4.78 is 0. The van der Waals surface area contributed by atoms with Gasteiger partial charge in [-0.3, -0.25) is 9.69 Å². The molecule has 1 aromatic rings. The summed E-state index contributed by atoms with van der Waals surface area (Å²) in [6.07, 6.45) is 2.94. The first-order chi connectivity index (χ1) is 11.0. The summed E-state index contributed by atoms with van der Waals surface area (Å²) in [5.41, 5.74) is 1.21. The molecular formula is C18H25ClN2O2. The van der Waals surface area contributed by atoms with Crippen molar-refractivity contribution >= 4 is 17.5 Å². The van der Waals surface area contributed by atoms with Crippen molar-refractivity contribution < 1.29 is 9.90 Å². The molecular weight excluding hydrogens is 312 g/mol. The van der Waals surface area contributed by atoms with Crippen LogP contribution in [0.3, 0.4) is 0 Å². The quantitative estimate of drug-likeness (QED) is 0.869. The van der Waals surface area contributed by atoms with Gasteiger partial charge in [-0.1, -0.05) is 23.7 Å². The molecule has 23 heavy (non-hydrogen) atoms. The number of nitrogens with zero attached hydrogens (tertiary/aromatic N) is 1. The molecule has 0 aromatic heterocycles. The maximum Gasteiger partial charge on any atom is 0.249 e. The maximum absolute atomic E-state index is 12.0. The maximum atomic E-state index is 12.0. The van der Waals surface area contributed by atoms with Gasteiger partial charge in [0.25, 0.3) is 0 Å². The molecule has 0 bridgehead atoms. The number of halogens is 1. The fraction of sp³-hybridized carbons (Fsp3) is 0.611. The minimum Gasteiger partial charge on any atom is -0.383 e. The lowest BCUT2D eigenvalue weighted by atomic mass is 9.89. The number of piperidine rings is 1. The van der Waals surface area contributed by atoms with Crippen LogP contribution >= 0.6 is 11.6 Å². The second-order valence-corrected chi connectivity index (χ2v) is 7.27. The van der Waals surface area contributed by atoms with Crippen LogP contribution in [0.2, 0.25) is 5.02 Å². The number of carbonyl (C=O) groups is 1. The second-order valence-electron chi connectivity index (χ2n) is 6.83. The Bertz CT molecular complexity index is 554. The van der Waals surface area contributed by atoms with Crippen molar-refractivity contribution in [3.8, 4) is 0 Å². The van der Waals surface area contributed by atoms with E-state index in [0.717, 1.165) is 43.8 Å². The Morgan fingerprint density at radius 1 is 1.30 bits per heavy atom. The van der Waals surface area contributed by atoms with Gasteiger partial charge in [0.05, 0.1) is 0 Å². The van der Waals surface area contributed by atoms with Gasteiger partial charge in [-0.2, -0.15) is 0 Å². The molecule has 1 saturated carbocycles. The number of hydrogen-bond donors (Lipinski definition) is 2. The zero-order valence-corrected chi connectivity index (χ0v) is 14.3. The van der Waals surface area contributed by atoms with E-state index in [9.17, 15) is 9.90 Å². The SMILES string of the molecule is C[C@H](c1cccc(Cl)c1)N1CCC([C@@H](O)C(=O)NC2CC2)CC1. The van der Waals surface area contributed by atoms with Gasteiger partial charge in [0.15, 0.2) is 0 Å². The monoisotopic (exact) mass is 336 g/mol. The van der Waals surface area contributed by atoms with Crippen molar-refractivity contribution in [1.82, 2.24) is 10.2 Å². The number of likely N-dealkylation sites (tertiary alicyclic amines) is 1. The molecule has 1 amide bonds. The lowest BCUT2D eigenvalue weighted by molar-refractivity contribution is -0.133. The van der Waals surface area contributed by atoms with Gasteiger partial charge < -0.3 is 10.4 Å². The topological polar surface area (TPSA) is 52.6 Å². The van der Waals surface area contributed by atoms with Crippen molar-refractivity contribution in [1.29, 1.82) is 0 Å². The second kappa shape index (κ2) is 7.20. The average Bonchev–Trinajstić information content (AvgIpc) is 3.37. The highest BCUT2D eigenvalue weighted by Crippen LogP contribution is 2.29. The smallest absolute Gasteiger partial charge is 0.249 e. The highest BCUT2D eigenvalue weighted by Gasteiger charge is 2.33. The number of amides is 1. The lowest BCUT2D eigenvalue weighted by Gasteiger charge is -2.37. The molecule has 2 fully saturated rings. The van der Waals surface area contributed by atoms with Crippen LogP contribution in [0.25, 0.3) is 0 Å². The van der Waals surface area contributed by atoms with Crippen molar-refractivity contribution in [3.63, 3.8) is 0 Å². The van der Waals surface area contributed by atoms with Crippen molar-refractivity contribution in [3.05, 3.63) is 34.9 Å². The molecule has 0 spiro atoms. The van der Waals surface area contributed by atoms with Gasteiger partial charge in [-0.15, -0.1) is 0 Å². The minimum atomic E-state index is -0.862.